The second-order valence-corrected chi connectivity index (χ2v) is 7.19. The van der Waals surface area contributed by atoms with Gasteiger partial charge in [0.2, 0.25) is 0 Å². The van der Waals surface area contributed by atoms with Gasteiger partial charge in [0, 0.05) is 18.7 Å². The van der Waals surface area contributed by atoms with E-state index in [1.165, 1.54) is 50.5 Å². The molecule has 0 radical (unpaired) electrons. The molecule has 0 amide bonds. The summed E-state index contributed by atoms with van der Waals surface area (Å²) < 4.78 is 5.95. The summed E-state index contributed by atoms with van der Waals surface area (Å²) in [6.07, 6.45) is 9.67. The molecule has 4 rings (SSSR count). The summed E-state index contributed by atoms with van der Waals surface area (Å²) in [5.74, 6) is 0.834. The maximum absolute atomic E-state index is 5.95. The molecule has 3 unspecified atom stereocenters. The number of aryl methyl sites for hydroxylation is 2. The van der Waals surface area contributed by atoms with E-state index in [1.54, 1.807) is 11.1 Å². The predicted octanol–water partition coefficient (Wildman–Crippen LogP) is 3.78. The first-order valence-electron chi connectivity index (χ1n) is 8.80. The molecule has 1 aromatic carbocycles. The second kappa shape index (κ2) is 5.73. The number of benzene rings is 1. The third-order valence-corrected chi connectivity index (χ3v) is 5.56. The van der Waals surface area contributed by atoms with E-state index < -0.39 is 0 Å². The van der Waals surface area contributed by atoms with E-state index in [2.05, 4.69) is 30.4 Å². The monoisotopic (exact) mass is 285 g/mol. The van der Waals surface area contributed by atoms with Crippen LogP contribution < -0.4 is 5.32 Å². The van der Waals surface area contributed by atoms with Crippen molar-refractivity contribution < 1.29 is 4.74 Å². The van der Waals surface area contributed by atoms with Crippen LogP contribution in [0.15, 0.2) is 18.2 Å². The smallest absolute Gasteiger partial charge is 0.0757 e. The SMILES string of the molecule is CC(NC1CCOC1C1CC1)c1ccc2c(c1)CCCC2. The van der Waals surface area contributed by atoms with Crippen molar-refractivity contribution in [3.05, 3.63) is 34.9 Å². The zero-order chi connectivity index (χ0) is 14.2. The van der Waals surface area contributed by atoms with Gasteiger partial charge in [0.05, 0.1) is 6.10 Å². The lowest BCUT2D eigenvalue weighted by Crippen LogP contribution is -2.39. The van der Waals surface area contributed by atoms with Crippen molar-refractivity contribution in [1.82, 2.24) is 5.32 Å². The van der Waals surface area contributed by atoms with Crippen LogP contribution in [0.1, 0.15) is 61.8 Å². The van der Waals surface area contributed by atoms with Crippen molar-refractivity contribution in [1.29, 1.82) is 0 Å². The van der Waals surface area contributed by atoms with Gasteiger partial charge in [-0.1, -0.05) is 18.2 Å². The van der Waals surface area contributed by atoms with Gasteiger partial charge in [-0.15, -0.1) is 0 Å². The highest BCUT2D eigenvalue weighted by molar-refractivity contribution is 5.35. The van der Waals surface area contributed by atoms with Gasteiger partial charge < -0.3 is 10.1 Å². The first-order valence-corrected chi connectivity index (χ1v) is 8.80. The predicted molar refractivity (Wildman–Crippen MR) is 85.5 cm³/mol. The van der Waals surface area contributed by atoms with E-state index in [0.717, 1.165) is 12.5 Å². The Balaban J connectivity index is 1.45. The van der Waals surface area contributed by atoms with E-state index in [4.69, 9.17) is 4.74 Å². The van der Waals surface area contributed by atoms with E-state index >= 15 is 0 Å². The summed E-state index contributed by atoms with van der Waals surface area (Å²) in [5, 5.41) is 3.85. The minimum atomic E-state index is 0.435. The maximum Gasteiger partial charge on any atom is 0.0757 e. The first kappa shape index (κ1) is 13.8. The van der Waals surface area contributed by atoms with Gasteiger partial charge in [-0.3, -0.25) is 0 Å². The van der Waals surface area contributed by atoms with Gasteiger partial charge in [-0.25, -0.2) is 0 Å². The summed E-state index contributed by atoms with van der Waals surface area (Å²) in [6.45, 7) is 3.25. The quantitative estimate of drug-likeness (QED) is 0.909. The van der Waals surface area contributed by atoms with E-state index in [-0.39, 0.29) is 0 Å². The third-order valence-electron chi connectivity index (χ3n) is 5.56. The summed E-state index contributed by atoms with van der Waals surface area (Å²) in [5.41, 5.74) is 4.63. The Hall–Kier alpha value is -0.860. The topological polar surface area (TPSA) is 21.3 Å². The van der Waals surface area contributed by atoms with E-state index in [9.17, 15) is 0 Å². The second-order valence-electron chi connectivity index (χ2n) is 7.19. The summed E-state index contributed by atoms with van der Waals surface area (Å²) in [4.78, 5) is 0. The molecule has 3 aliphatic rings. The van der Waals surface area contributed by atoms with Crippen LogP contribution in [0.25, 0.3) is 0 Å². The molecule has 1 saturated carbocycles. The third kappa shape index (κ3) is 2.89. The Morgan fingerprint density at radius 1 is 1.10 bits per heavy atom. The number of ether oxygens (including phenoxy) is 1. The summed E-state index contributed by atoms with van der Waals surface area (Å²) >= 11 is 0. The Bertz CT molecular complexity index is 508. The molecule has 3 atom stereocenters. The average molecular weight is 285 g/mol. The Morgan fingerprint density at radius 2 is 1.90 bits per heavy atom. The van der Waals surface area contributed by atoms with Crippen molar-refractivity contribution >= 4 is 0 Å². The minimum Gasteiger partial charge on any atom is -0.376 e. The Labute approximate surface area is 128 Å². The van der Waals surface area contributed by atoms with Crippen molar-refractivity contribution in [3.8, 4) is 0 Å². The van der Waals surface area contributed by atoms with Crippen molar-refractivity contribution in [2.45, 2.75) is 70.1 Å². The normalized spacial score (nSPS) is 30.1. The van der Waals surface area contributed by atoms with Crippen LogP contribution in [-0.2, 0) is 17.6 Å². The summed E-state index contributed by atoms with van der Waals surface area (Å²) in [6, 6.07) is 8.15. The highest BCUT2D eigenvalue weighted by Gasteiger charge is 2.40. The lowest BCUT2D eigenvalue weighted by Gasteiger charge is -2.25. The molecular formula is C19H27NO. The molecule has 1 heterocycles. The molecule has 0 aromatic heterocycles. The van der Waals surface area contributed by atoms with E-state index in [0.29, 0.717) is 18.2 Å². The lowest BCUT2D eigenvalue weighted by molar-refractivity contribution is 0.0793. The standard InChI is InChI=1S/C19H27NO/c1-13(20-18-10-11-21-19(18)15-7-8-15)16-9-6-14-4-2-3-5-17(14)12-16/h6,9,12-13,15,18-20H,2-5,7-8,10-11H2,1H3. The summed E-state index contributed by atoms with van der Waals surface area (Å²) in [7, 11) is 0. The van der Waals surface area contributed by atoms with Crippen LogP contribution in [0.4, 0.5) is 0 Å². The van der Waals surface area contributed by atoms with Crippen LogP contribution in [-0.4, -0.2) is 18.8 Å². The van der Waals surface area contributed by atoms with E-state index in [1.807, 2.05) is 0 Å². The number of hydrogen-bond donors (Lipinski definition) is 1. The molecule has 2 nitrogen and oxygen atoms in total. The number of fused-ring (bicyclic) bond motifs is 1. The molecule has 21 heavy (non-hydrogen) atoms. The molecule has 2 aliphatic carbocycles. The maximum atomic E-state index is 5.95. The molecule has 1 saturated heterocycles. The van der Waals surface area contributed by atoms with Crippen LogP contribution in [0, 0.1) is 5.92 Å². The molecule has 0 bridgehead atoms. The van der Waals surface area contributed by atoms with Gasteiger partial charge in [0.15, 0.2) is 0 Å². The Morgan fingerprint density at radius 3 is 2.71 bits per heavy atom. The number of rotatable bonds is 4. The molecule has 2 heteroatoms. The zero-order valence-electron chi connectivity index (χ0n) is 13.1. The number of nitrogens with one attached hydrogen (secondary N) is 1. The van der Waals surface area contributed by atoms with Gasteiger partial charge in [-0.2, -0.15) is 0 Å². The molecular weight excluding hydrogens is 258 g/mol. The fourth-order valence-corrected chi connectivity index (χ4v) is 4.12. The number of hydrogen-bond acceptors (Lipinski definition) is 2. The minimum absolute atomic E-state index is 0.435. The van der Waals surface area contributed by atoms with Crippen LogP contribution in [0.2, 0.25) is 0 Å². The molecule has 1 aliphatic heterocycles. The highest BCUT2D eigenvalue weighted by atomic mass is 16.5. The molecule has 2 fully saturated rings. The fraction of sp³-hybridized carbons (Fsp3) is 0.684. The van der Waals surface area contributed by atoms with Crippen molar-refractivity contribution in [3.63, 3.8) is 0 Å². The van der Waals surface area contributed by atoms with Crippen LogP contribution in [0.3, 0.4) is 0 Å². The van der Waals surface area contributed by atoms with Gasteiger partial charge in [0.1, 0.15) is 0 Å². The van der Waals surface area contributed by atoms with Crippen molar-refractivity contribution in [2.75, 3.05) is 6.61 Å². The molecule has 114 valence electrons. The van der Waals surface area contributed by atoms with Crippen LogP contribution >= 0.6 is 0 Å². The van der Waals surface area contributed by atoms with Crippen LogP contribution in [0.5, 0.6) is 0 Å². The molecule has 1 N–H and O–H groups in total. The van der Waals surface area contributed by atoms with Gasteiger partial charge in [-0.05, 0) is 74.5 Å². The largest absolute Gasteiger partial charge is 0.376 e. The highest BCUT2D eigenvalue weighted by Crippen LogP contribution is 2.39. The Kier molecular flexibility index (Phi) is 3.76. The average Bonchev–Trinajstić information content (AvgIpc) is 3.27. The van der Waals surface area contributed by atoms with Crippen molar-refractivity contribution in [2.24, 2.45) is 5.92 Å². The fourth-order valence-electron chi connectivity index (χ4n) is 4.12. The molecule has 1 aromatic rings. The lowest BCUT2D eigenvalue weighted by atomic mass is 9.89. The molecule has 0 spiro atoms. The zero-order valence-corrected chi connectivity index (χ0v) is 13.1. The van der Waals surface area contributed by atoms with Gasteiger partial charge in [0.25, 0.3) is 0 Å². The first-order chi connectivity index (χ1) is 10.3. The van der Waals surface area contributed by atoms with Gasteiger partial charge >= 0.3 is 0 Å².